The van der Waals surface area contributed by atoms with Crippen LogP contribution in [0.2, 0.25) is 0 Å². The summed E-state index contributed by atoms with van der Waals surface area (Å²) in [6.45, 7) is 1.86. The van der Waals surface area contributed by atoms with E-state index in [4.69, 9.17) is 5.73 Å². The summed E-state index contributed by atoms with van der Waals surface area (Å²) < 4.78 is 1.01. The molecule has 0 fully saturated rings. The van der Waals surface area contributed by atoms with Crippen molar-refractivity contribution in [1.82, 2.24) is 15.3 Å². The Labute approximate surface area is 126 Å². The number of anilines is 3. The largest absolute Gasteiger partial charge is 0.383 e. The molecule has 4 N–H and O–H groups in total. The highest BCUT2D eigenvalue weighted by Crippen LogP contribution is 2.22. The fourth-order valence-corrected chi connectivity index (χ4v) is 2.72. The van der Waals surface area contributed by atoms with Gasteiger partial charge < -0.3 is 16.4 Å². The number of fused-ring (bicyclic) bond motifs is 1. The molecule has 0 spiro atoms. The van der Waals surface area contributed by atoms with Crippen LogP contribution >= 0.6 is 15.9 Å². The van der Waals surface area contributed by atoms with Gasteiger partial charge in [-0.3, -0.25) is 0 Å². The summed E-state index contributed by atoms with van der Waals surface area (Å²) in [5.41, 5.74) is 9.12. The van der Waals surface area contributed by atoms with Crippen LogP contribution in [0.3, 0.4) is 0 Å². The van der Waals surface area contributed by atoms with Crippen LogP contribution in [0.4, 0.5) is 17.5 Å². The number of nitrogens with two attached hydrogens (primary N) is 1. The van der Waals surface area contributed by atoms with Gasteiger partial charge in [0, 0.05) is 28.7 Å². The first-order valence-electron chi connectivity index (χ1n) is 6.61. The predicted octanol–water partition coefficient (Wildman–Crippen LogP) is 2.25. The van der Waals surface area contributed by atoms with E-state index < -0.39 is 0 Å². The van der Waals surface area contributed by atoms with Gasteiger partial charge in [-0.05, 0) is 31.2 Å². The quantitative estimate of drug-likeness (QED) is 0.785. The van der Waals surface area contributed by atoms with Gasteiger partial charge in [-0.1, -0.05) is 22.0 Å². The average Bonchev–Trinajstić information content (AvgIpc) is 2.64. The molecule has 20 heavy (non-hydrogen) atoms. The molecule has 104 valence electrons. The average molecular weight is 334 g/mol. The first-order valence-corrected chi connectivity index (χ1v) is 7.40. The molecule has 0 amide bonds. The van der Waals surface area contributed by atoms with E-state index in [9.17, 15) is 0 Å². The summed E-state index contributed by atoms with van der Waals surface area (Å²) in [7, 11) is 0. The SMILES string of the molecule is Nc1nc(Nc2cccc(Br)c2)nc2c1CCNCC2. The third-order valence-corrected chi connectivity index (χ3v) is 3.79. The van der Waals surface area contributed by atoms with Crippen LogP contribution in [-0.2, 0) is 12.8 Å². The maximum absolute atomic E-state index is 6.07. The van der Waals surface area contributed by atoms with Crippen molar-refractivity contribution in [2.45, 2.75) is 12.8 Å². The molecule has 0 aliphatic carbocycles. The Hall–Kier alpha value is -1.66. The lowest BCUT2D eigenvalue weighted by Gasteiger charge is -2.11. The van der Waals surface area contributed by atoms with E-state index in [1.54, 1.807) is 0 Å². The monoisotopic (exact) mass is 333 g/mol. The van der Waals surface area contributed by atoms with E-state index in [1.807, 2.05) is 24.3 Å². The molecule has 0 saturated carbocycles. The van der Waals surface area contributed by atoms with Crippen molar-refractivity contribution >= 4 is 33.4 Å². The first kappa shape index (κ1) is 13.3. The fourth-order valence-electron chi connectivity index (χ4n) is 2.33. The summed E-state index contributed by atoms with van der Waals surface area (Å²) in [5, 5.41) is 6.55. The number of nitrogens with one attached hydrogen (secondary N) is 2. The molecule has 0 atom stereocenters. The molecule has 1 aliphatic heterocycles. The van der Waals surface area contributed by atoms with Gasteiger partial charge >= 0.3 is 0 Å². The molecular weight excluding hydrogens is 318 g/mol. The molecule has 2 aromatic rings. The Bertz CT molecular complexity index is 629. The maximum atomic E-state index is 6.07. The number of aromatic nitrogens is 2. The zero-order valence-corrected chi connectivity index (χ0v) is 12.6. The van der Waals surface area contributed by atoms with Gasteiger partial charge in [0.1, 0.15) is 5.82 Å². The number of nitrogens with zero attached hydrogens (tertiary/aromatic N) is 2. The smallest absolute Gasteiger partial charge is 0.229 e. The van der Waals surface area contributed by atoms with Crippen LogP contribution in [0.1, 0.15) is 11.3 Å². The molecule has 1 aliphatic rings. The molecule has 0 saturated heterocycles. The third kappa shape index (κ3) is 2.91. The second-order valence-corrected chi connectivity index (χ2v) is 5.66. The van der Waals surface area contributed by atoms with Crippen LogP contribution in [0, 0.1) is 0 Å². The molecule has 0 radical (unpaired) electrons. The highest BCUT2D eigenvalue weighted by atomic mass is 79.9. The minimum Gasteiger partial charge on any atom is -0.383 e. The van der Waals surface area contributed by atoms with Crippen molar-refractivity contribution in [3.8, 4) is 0 Å². The van der Waals surface area contributed by atoms with Gasteiger partial charge in [-0.15, -0.1) is 0 Å². The van der Waals surface area contributed by atoms with Crippen LogP contribution in [0.15, 0.2) is 28.7 Å². The lowest BCUT2D eigenvalue weighted by Crippen LogP contribution is -2.16. The number of hydrogen-bond donors (Lipinski definition) is 3. The maximum Gasteiger partial charge on any atom is 0.229 e. The van der Waals surface area contributed by atoms with Crippen molar-refractivity contribution in [1.29, 1.82) is 0 Å². The second-order valence-electron chi connectivity index (χ2n) is 4.74. The predicted molar refractivity (Wildman–Crippen MR) is 84.1 cm³/mol. The lowest BCUT2D eigenvalue weighted by atomic mass is 10.1. The molecule has 0 unspecified atom stereocenters. The van der Waals surface area contributed by atoms with E-state index in [2.05, 4.69) is 36.5 Å². The van der Waals surface area contributed by atoms with Gasteiger partial charge in [0.2, 0.25) is 5.95 Å². The number of rotatable bonds is 2. The molecule has 6 heteroatoms. The van der Waals surface area contributed by atoms with E-state index in [1.165, 1.54) is 0 Å². The molecule has 3 rings (SSSR count). The minimum absolute atomic E-state index is 0.557. The number of benzene rings is 1. The van der Waals surface area contributed by atoms with Crippen molar-refractivity contribution in [2.75, 3.05) is 24.1 Å². The highest BCUT2D eigenvalue weighted by molar-refractivity contribution is 9.10. The van der Waals surface area contributed by atoms with Gasteiger partial charge in [-0.25, -0.2) is 4.98 Å². The Morgan fingerprint density at radius 1 is 1.20 bits per heavy atom. The van der Waals surface area contributed by atoms with Crippen molar-refractivity contribution in [2.24, 2.45) is 0 Å². The minimum atomic E-state index is 0.557. The lowest BCUT2D eigenvalue weighted by molar-refractivity contribution is 0.708. The van der Waals surface area contributed by atoms with Gasteiger partial charge in [0.25, 0.3) is 0 Å². The molecule has 5 nitrogen and oxygen atoms in total. The normalized spacial score (nSPS) is 14.4. The Balaban J connectivity index is 1.91. The first-order chi connectivity index (χ1) is 9.72. The molecule has 0 bridgehead atoms. The summed E-state index contributed by atoms with van der Waals surface area (Å²) in [4.78, 5) is 8.97. The summed E-state index contributed by atoms with van der Waals surface area (Å²) in [6.07, 6.45) is 1.77. The fraction of sp³-hybridized carbons (Fsp3) is 0.286. The summed E-state index contributed by atoms with van der Waals surface area (Å²) in [5.74, 6) is 1.14. The van der Waals surface area contributed by atoms with E-state index in [-0.39, 0.29) is 0 Å². The van der Waals surface area contributed by atoms with Crippen LogP contribution in [0.25, 0.3) is 0 Å². The number of halogens is 1. The molecule has 1 aromatic heterocycles. The van der Waals surface area contributed by atoms with Gasteiger partial charge in [0.15, 0.2) is 0 Å². The number of hydrogen-bond acceptors (Lipinski definition) is 5. The zero-order chi connectivity index (χ0) is 13.9. The zero-order valence-electron chi connectivity index (χ0n) is 11.0. The molecule has 1 aromatic carbocycles. The number of nitrogen functional groups attached to an aromatic ring is 1. The van der Waals surface area contributed by atoms with Crippen LogP contribution in [-0.4, -0.2) is 23.1 Å². The van der Waals surface area contributed by atoms with E-state index in [0.717, 1.165) is 47.3 Å². The standard InChI is InChI=1S/C14H16BrN5/c15-9-2-1-3-10(8-9)18-14-19-12-5-7-17-6-4-11(12)13(16)20-14/h1-3,8,17H,4-7H2,(H3,16,18,19,20). The Morgan fingerprint density at radius 2 is 2.05 bits per heavy atom. The van der Waals surface area contributed by atoms with Crippen molar-refractivity contribution < 1.29 is 0 Å². The van der Waals surface area contributed by atoms with Crippen molar-refractivity contribution in [3.05, 3.63) is 40.0 Å². The highest BCUT2D eigenvalue weighted by Gasteiger charge is 2.14. The Kier molecular flexibility index (Phi) is 3.84. The van der Waals surface area contributed by atoms with Crippen LogP contribution in [0.5, 0.6) is 0 Å². The third-order valence-electron chi connectivity index (χ3n) is 3.30. The van der Waals surface area contributed by atoms with E-state index in [0.29, 0.717) is 11.8 Å². The summed E-state index contributed by atoms with van der Waals surface area (Å²) in [6, 6.07) is 7.89. The Morgan fingerprint density at radius 3 is 2.90 bits per heavy atom. The molecular formula is C14H16BrN5. The molecule has 2 heterocycles. The second kappa shape index (κ2) is 5.76. The van der Waals surface area contributed by atoms with Crippen molar-refractivity contribution in [3.63, 3.8) is 0 Å². The van der Waals surface area contributed by atoms with E-state index >= 15 is 0 Å². The van der Waals surface area contributed by atoms with Gasteiger partial charge in [-0.2, -0.15) is 4.98 Å². The summed E-state index contributed by atoms with van der Waals surface area (Å²) >= 11 is 3.45. The topological polar surface area (TPSA) is 75.9 Å². The van der Waals surface area contributed by atoms with Crippen LogP contribution < -0.4 is 16.4 Å². The van der Waals surface area contributed by atoms with Gasteiger partial charge in [0.05, 0.1) is 5.69 Å².